The number of anilines is 1. The number of likely N-dealkylation sites (tertiary alicyclic amines) is 1. The van der Waals surface area contributed by atoms with Crippen molar-refractivity contribution in [2.75, 3.05) is 11.9 Å². The van der Waals surface area contributed by atoms with Crippen LogP contribution in [0.15, 0.2) is 54.6 Å². The maximum Gasteiger partial charge on any atom is 0.250 e. The summed E-state index contributed by atoms with van der Waals surface area (Å²) >= 11 is 9.68. The Kier molecular flexibility index (Phi) is 7.57. The number of hydrogen-bond acceptors (Lipinski definition) is 5. The molecule has 5 rings (SSSR count). The number of rotatable bonds is 8. The molecule has 3 aliphatic rings. The summed E-state index contributed by atoms with van der Waals surface area (Å²) in [6.45, 7) is 3.79. The second-order valence-electron chi connectivity index (χ2n) is 10.6. The first-order valence-electron chi connectivity index (χ1n) is 12.8. The molecule has 2 bridgehead atoms. The Morgan fingerprint density at radius 3 is 2.47 bits per heavy atom. The zero-order valence-electron chi connectivity index (χ0n) is 21.1. The number of alkyl halides is 1. The third-order valence-corrected chi connectivity index (χ3v) is 9.11. The summed E-state index contributed by atoms with van der Waals surface area (Å²) in [6, 6.07) is 14.6. The van der Waals surface area contributed by atoms with Crippen molar-refractivity contribution in [1.82, 2.24) is 10.2 Å². The molecule has 3 N–H and O–H groups in total. The SMILES string of the molecule is CC(C)[C@H](CO)N1C(=O)[C@@H]2[C@H](C(=O)NCc3ccccc3)[C@H]3OC2(CC3Br)C1C(=O)Nc1ccc(Cl)cc1. The van der Waals surface area contributed by atoms with Crippen molar-refractivity contribution < 1.29 is 24.2 Å². The number of nitrogens with one attached hydrogen (secondary N) is 2. The highest BCUT2D eigenvalue weighted by molar-refractivity contribution is 9.09. The summed E-state index contributed by atoms with van der Waals surface area (Å²) in [5.74, 6) is -2.79. The van der Waals surface area contributed by atoms with E-state index in [2.05, 4.69) is 26.6 Å². The van der Waals surface area contributed by atoms with Crippen LogP contribution in [-0.4, -0.2) is 63.0 Å². The second kappa shape index (κ2) is 10.6. The van der Waals surface area contributed by atoms with Gasteiger partial charge in [-0.3, -0.25) is 14.4 Å². The van der Waals surface area contributed by atoms with Crippen molar-refractivity contribution in [3.05, 3.63) is 65.2 Å². The summed E-state index contributed by atoms with van der Waals surface area (Å²) in [4.78, 5) is 42.9. The molecular formula is C28H31BrClN3O5. The summed E-state index contributed by atoms with van der Waals surface area (Å²) in [5, 5.41) is 16.7. The van der Waals surface area contributed by atoms with E-state index < -0.39 is 41.5 Å². The zero-order valence-corrected chi connectivity index (χ0v) is 23.5. The van der Waals surface area contributed by atoms with Gasteiger partial charge in [0, 0.05) is 22.1 Å². The fraction of sp³-hybridized carbons (Fsp3) is 0.464. The molecule has 2 aromatic carbocycles. The fourth-order valence-corrected chi connectivity index (χ4v) is 7.36. The Morgan fingerprint density at radius 1 is 1.16 bits per heavy atom. The van der Waals surface area contributed by atoms with Crippen LogP contribution in [0.4, 0.5) is 5.69 Å². The first-order chi connectivity index (χ1) is 18.2. The van der Waals surface area contributed by atoms with E-state index in [1.54, 1.807) is 24.3 Å². The van der Waals surface area contributed by atoms with E-state index >= 15 is 0 Å². The predicted octanol–water partition coefficient (Wildman–Crippen LogP) is 3.36. The van der Waals surface area contributed by atoms with Crippen LogP contribution in [0, 0.1) is 17.8 Å². The number of amides is 3. The monoisotopic (exact) mass is 603 g/mol. The minimum Gasteiger partial charge on any atom is -0.394 e. The second-order valence-corrected chi connectivity index (χ2v) is 12.2. The normalized spacial score (nSPS) is 30.4. The van der Waals surface area contributed by atoms with Crippen molar-refractivity contribution in [3.8, 4) is 0 Å². The van der Waals surface area contributed by atoms with E-state index in [4.69, 9.17) is 16.3 Å². The van der Waals surface area contributed by atoms with E-state index in [1.807, 2.05) is 44.2 Å². The van der Waals surface area contributed by atoms with Gasteiger partial charge in [-0.05, 0) is 42.2 Å². The molecule has 10 heteroatoms. The summed E-state index contributed by atoms with van der Waals surface area (Å²) in [6.07, 6.45) is -0.165. The van der Waals surface area contributed by atoms with Gasteiger partial charge < -0.3 is 25.4 Å². The van der Waals surface area contributed by atoms with Crippen molar-refractivity contribution in [2.24, 2.45) is 17.8 Å². The van der Waals surface area contributed by atoms with Crippen molar-refractivity contribution >= 4 is 50.9 Å². The molecule has 1 spiro atoms. The quantitative estimate of drug-likeness (QED) is 0.401. The standard InChI is InChI=1S/C28H31BrClN3O5/c1-15(2)20(14-34)33-24(26(36)32-18-10-8-17(30)9-11-18)28-12-19(29)23(38-28)21(22(28)27(33)37)25(35)31-13-16-6-4-3-5-7-16/h3-11,15,19-24,34H,12-14H2,1-2H3,(H,31,35)(H,32,36)/t19?,20-,21-,22-,23-,24?,28?/m0/s1. The third-order valence-electron chi connectivity index (χ3n) is 8.01. The van der Waals surface area contributed by atoms with Gasteiger partial charge in [-0.15, -0.1) is 0 Å². The summed E-state index contributed by atoms with van der Waals surface area (Å²) in [5.41, 5.74) is 0.260. The Labute approximate surface area is 235 Å². The minimum absolute atomic E-state index is 0.132. The van der Waals surface area contributed by atoms with Crippen LogP contribution in [0.5, 0.6) is 0 Å². The maximum atomic E-state index is 14.1. The van der Waals surface area contributed by atoms with Gasteiger partial charge in [0.15, 0.2) is 0 Å². The molecule has 0 aliphatic carbocycles. The Morgan fingerprint density at radius 2 is 1.84 bits per heavy atom. The highest BCUT2D eigenvalue weighted by Crippen LogP contribution is 2.60. The first-order valence-corrected chi connectivity index (χ1v) is 14.1. The Hall–Kier alpha value is -2.46. The Bertz CT molecular complexity index is 1210. The molecule has 0 saturated carbocycles. The highest BCUT2D eigenvalue weighted by Gasteiger charge is 2.77. The highest BCUT2D eigenvalue weighted by atomic mass is 79.9. The van der Waals surface area contributed by atoms with Crippen LogP contribution in [0.2, 0.25) is 5.02 Å². The number of carbonyl (C=O) groups is 3. The number of benzene rings is 2. The molecule has 3 fully saturated rings. The molecular weight excluding hydrogens is 574 g/mol. The lowest BCUT2D eigenvalue weighted by atomic mass is 9.70. The Balaban J connectivity index is 1.49. The van der Waals surface area contributed by atoms with E-state index in [0.717, 1.165) is 5.56 Å². The van der Waals surface area contributed by atoms with Crippen LogP contribution < -0.4 is 10.6 Å². The van der Waals surface area contributed by atoms with Gasteiger partial charge in [0.1, 0.15) is 11.6 Å². The van der Waals surface area contributed by atoms with E-state index in [9.17, 15) is 19.5 Å². The number of aliphatic hydroxyl groups is 1. The smallest absolute Gasteiger partial charge is 0.250 e. The van der Waals surface area contributed by atoms with E-state index in [0.29, 0.717) is 23.7 Å². The molecule has 8 nitrogen and oxygen atoms in total. The molecule has 3 aliphatic heterocycles. The first kappa shape index (κ1) is 27.1. The van der Waals surface area contributed by atoms with Gasteiger partial charge in [0.2, 0.25) is 17.7 Å². The molecule has 202 valence electrons. The van der Waals surface area contributed by atoms with Crippen LogP contribution in [0.25, 0.3) is 0 Å². The fourth-order valence-electron chi connectivity index (χ4n) is 6.29. The molecule has 3 saturated heterocycles. The van der Waals surface area contributed by atoms with Gasteiger partial charge in [-0.2, -0.15) is 0 Å². The number of aliphatic hydroxyl groups excluding tert-OH is 1. The molecule has 7 atom stereocenters. The molecule has 0 aromatic heterocycles. The molecule has 3 amide bonds. The van der Waals surface area contributed by atoms with Gasteiger partial charge >= 0.3 is 0 Å². The van der Waals surface area contributed by atoms with Crippen LogP contribution >= 0.6 is 27.5 Å². The lowest BCUT2D eigenvalue weighted by Crippen LogP contribution is -2.57. The van der Waals surface area contributed by atoms with E-state index in [-0.39, 0.29) is 29.2 Å². The van der Waals surface area contributed by atoms with Crippen molar-refractivity contribution in [3.63, 3.8) is 0 Å². The molecule has 2 aromatic rings. The van der Waals surface area contributed by atoms with Gasteiger partial charge in [-0.25, -0.2) is 0 Å². The van der Waals surface area contributed by atoms with Gasteiger partial charge in [0.25, 0.3) is 0 Å². The van der Waals surface area contributed by atoms with Crippen molar-refractivity contribution in [1.29, 1.82) is 0 Å². The zero-order chi connectivity index (χ0) is 27.2. The number of ether oxygens (including phenoxy) is 1. The van der Waals surface area contributed by atoms with Gasteiger partial charge in [0.05, 0.1) is 30.6 Å². The summed E-state index contributed by atoms with van der Waals surface area (Å²) < 4.78 is 6.51. The molecule has 0 radical (unpaired) electrons. The number of halogens is 2. The van der Waals surface area contributed by atoms with Gasteiger partial charge in [-0.1, -0.05) is 71.7 Å². The van der Waals surface area contributed by atoms with Crippen LogP contribution in [0.1, 0.15) is 25.8 Å². The molecule has 38 heavy (non-hydrogen) atoms. The minimum atomic E-state index is -1.20. The van der Waals surface area contributed by atoms with Crippen LogP contribution in [0.3, 0.4) is 0 Å². The largest absolute Gasteiger partial charge is 0.394 e. The number of nitrogens with zero attached hydrogens (tertiary/aromatic N) is 1. The third kappa shape index (κ3) is 4.53. The average Bonchev–Trinajstić information content (AvgIpc) is 3.48. The summed E-state index contributed by atoms with van der Waals surface area (Å²) in [7, 11) is 0. The van der Waals surface area contributed by atoms with Crippen LogP contribution in [-0.2, 0) is 25.7 Å². The topological polar surface area (TPSA) is 108 Å². The number of hydrogen-bond donors (Lipinski definition) is 3. The van der Waals surface area contributed by atoms with E-state index in [1.165, 1.54) is 4.90 Å². The number of carbonyl (C=O) groups excluding carboxylic acids is 3. The maximum absolute atomic E-state index is 14.1. The lowest BCUT2D eigenvalue weighted by Gasteiger charge is -2.38. The average molecular weight is 605 g/mol. The van der Waals surface area contributed by atoms with Crippen molar-refractivity contribution in [2.45, 2.75) is 55.4 Å². The number of fused-ring (bicyclic) bond motifs is 1. The molecule has 3 unspecified atom stereocenters. The molecule has 3 heterocycles. The predicted molar refractivity (Wildman–Crippen MR) is 147 cm³/mol. The lowest BCUT2D eigenvalue weighted by molar-refractivity contribution is -0.145.